The van der Waals surface area contributed by atoms with Crippen molar-refractivity contribution in [3.63, 3.8) is 0 Å². The third-order valence-electron chi connectivity index (χ3n) is 3.23. The number of benzene rings is 1. The summed E-state index contributed by atoms with van der Waals surface area (Å²) in [6, 6.07) is 3.58. The third kappa shape index (κ3) is 3.76. The Bertz CT molecular complexity index is 933. The molecule has 1 aromatic carbocycles. The van der Waals surface area contributed by atoms with Gasteiger partial charge in [-0.05, 0) is 12.1 Å². The van der Waals surface area contributed by atoms with Crippen molar-refractivity contribution in [2.45, 2.75) is 6.92 Å². The molecule has 0 aliphatic rings. The van der Waals surface area contributed by atoms with Crippen LogP contribution in [0, 0.1) is 5.82 Å². The Labute approximate surface area is 156 Å². The normalized spacial score (nSPS) is 10.3. The first-order valence-electron chi connectivity index (χ1n) is 6.95. The van der Waals surface area contributed by atoms with Crippen LogP contribution in [0.1, 0.15) is 27.8 Å². The maximum absolute atomic E-state index is 14.2. The lowest BCUT2D eigenvalue weighted by molar-refractivity contribution is -0.114. The summed E-state index contributed by atoms with van der Waals surface area (Å²) in [6.07, 6.45) is 0. The second-order valence-electron chi connectivity index (χ2n) is 4.98. The molecule has 0 spiro atoms. The molecule has 0 aliphatic carbocycles. The Hall–Kier alpha value is -2.71. The number of ether oxygens (including phenoxy) is 1. The Morgan fingerprint density at radius 3 is 2.46 bits per heavy atom. The van der Waals surface area contributed by atoms with Crippen molar-refractivity contribution in [3.8, 4) is 11.3 Å². The SMILES string of the molecule is COC(=O)c1nc(-c2ccc(Cl)c(F)c2C(=O)O)cc(NC(C)=O)c1Cl. The zero-order valence-corrected chi connectivity index (χ0v) is 14.9. The number of pyridine rings is 1. The fourth-order valence-corrected chi connectivity index (χ4v) is 2.53. The van der Waals surface area contributed by atoms with Gasteiger partial charge in [-0.15, -0.1) is 0 Å². The van der Waals surface area contributed by atoms with E-state index in [1.54, 1.807) is 0 Å². The number of anilines is 1. The standard InChI is InChI=1S/C16H11Cl2FN2O5/c1-6(22)20-10-5-9(21-14(12(10)18)16(25)26-2)7-3-4-8(17)13(19)11(7)15(23)24/h3-5H,1-2H3,(H,23,24)(H,20,21,22). The molecule has 2 N–H and O–H groups in total. The minimum atomic E-state index is -1.59. The molecule has 0 bridgehead atoms. The van der Waals surface area contributed by atoms with Crippen LogP contribution in [0.25, 0.3) is 11.3 Å². The van der Waals surface area contributed by atoms with Crippen LogP contribution in [-0.2, 0) is 9.53 Å². The summed E-state index contributed by atoms with van der Waals surface area (Å²) in [5.41, 5.74) is -1.41. The first kappa shape index (κ1) is 19.6. The molecule has 0 atom stereocenters. The minimum Gasteiger partial charge on any atom is -0.478 e. The Kier molecular flexibility index (Phi) is 5.79. The van der Waals surface area contributed by atoms with Gasteiger partial charge in [0.1, 0.15) is 5.56 Å². The number of aromatic nitrogens is 1. The molecule has 7 nitrogen and oxygen atoms in total. The van der Waals surface area contributed by atoms with Crippen LogP contribution in [-0.4, -0.2) is 35.0 Å². The summed E-state index contributed by atoms with van der Waals surface area (Å²) < 4.78 is 18.8. The van der Waals surface area contributed by atoms with Crippen LogP contribution in [0.2, 0.25) is 10.0 Å². The maximum atomic E-state index is 14.2. The van der Waals surface area contributed by atoms with Gasteiger partial charge in [-0.1, -0.05) is 29.3 Å². The number of nitrogens with zero attached hydrogens (tertiary/aromatic N) is 1. The van der Waals surface area contributed by atoms with Crippen LogP contribution in [0.4, 0.5) is 10.1 Å². The number of hydrogen-bond donors (Lipinski definition) is 2. The highest BCUT2D eigenvalue weighted by Gasteiger charge is 2.24. The molecule has 0 aliphatic heterocycles. The molecule has 0 saturated heterocycles. The molecule has 26 heavy (non-hydrogen) atoms. The number of carboxylic acids is 1. The summed E-state index contributed by atoms with van der Waals surface area (Å²) in [4.78, 5) is 38.7. The lowest BCUT2D eigenvalue weighted by Gasteiger charge is -2.13. The minimum absolute atomic E-state index is 0.0173. The van der Waals surface area contributed by atoms with Gasteiger partial charge < -0.3 is 15.2 Å². The highest BCUT2D eigenvalue weighted by Crippen LogP contribution is 2.34. The summed E-state index contributed by atoms with van der Waals surface area (Å²) in [7, 11) is 1.09. The van der Waals surface area contributed by atoms with E-state index in [-0.39, 0.29) is 27.7 Å². The summed E-state index contributed by atoms with van der Waals surface area (Å²) in [5.74, 6) is -4.16. The van der Waals surface area contributed by atoms with Crippen LogP contribution in [0.15, 0.2) is 18.2 Å². The molecule has 1 amide bonds. The van der Waals surface area contributed by atoms with Crippen molar-refractivity contribution in [1.82, 2.24) is 4.98 Å². The summed E-state index contributed by atoms with van der Waals surface area (Å²) in [5, 5.41) is 11.1. The molecular weight excluding hydrogens is 390 g/mol. The third-order valence-corrected chi connectivity index (χ3v) is 3.91. The number of halogens is 3. The highest BCUT2D eigenvalue weighted by molar-refractivity contribution is 6.36. The van der Waals surface area contributed by atoms with E-state index in [0.717, 1.165) is 13.2 Å². The van der Waals surface area contributed by atoms with E-state index in [2.05, 4.69) is 15.0 Å². The zero-order valence-electron chi connectivity index (χ0n) is 13.4. The number of carboxylic acid groups (broad SMARTS) is 1. The molecule has 136 valence electrons. The van der Waals surface area contributed by atoms with E-state index in [1.165, 1.54) is 19.1 Å². The first-order valence-corrected chi connectivity index (χ1v) is 7.71. The molecule has 10 heteroatoms. The lowest BCUT2D eigenvalue weighted by Crippen LogP contribution is -2.13. The van der Waals surface area contributed by atoms with Gasteiger partial charge in [0, 0.05) is 12.5 Å². The maximum Gasteiger partial charge on any atom is 0.358 e. The van der Waals surface area contributed by atoms with Crippen molar-refractivity contribution in [2.24, 2.45) is 0 Å². The van der Waals surface area contributed by atoms with Crippen molar-refractivity contribution in [1.29, 1.82) is 0 Å². The number of methoxy groups -OCH3 is 1. The van der Waals surface area contributed by atoms with Gasteiger partial charge in [0.05, 0.1) is 28.5 Å². The van der Waals surface area contributed by atoms with Crippen molar-refractivity contribution >= 4 is 46.7 Å². The number of nitrogens with one attached hydrogen (secondary N) is 1. The molecule has 1 aromatic heterocycles. The molecule has 2 rings (SSSR count). The van der Waals surface area contributed by atoms with Gasteiger partial charge in [-0.3, -0.25) is 4.79 Å². The molecule has 0 radical (unpaired) electrons. The molecule has 1 heterocycles. The monoisotopic (exact) mass is 400 g/mol. The Balaban J connectivity index is 2.82. The number of hydrogen-bond acceptors (Lipinski definition) is 5. The second-order valence-corrected chi connectivity index (χ2v) is 5.76. The summed E-state index contributed by atoms with van der Waals surface area (Å²) >= 11 is 11.7. The number of aromatic carboxylic acids is 1. The number of amides is 1. The quantitative estimate of drug-likeness (QED) is 0.758. The fourth-order valence-electron chi connectivity index (χ4n) is 2.15. The molecular formula is C16H11Cl2FN2O5. The average molecular weight is 401 g/mol. The molecule has 0 unspecified atom stereocenters. The fraction of sp³-hybridized carbons (Fsp3) is 0.125. The van der Waals surface area contributed by atoms with Crippen LogP contribution < -0.4 is 5.32 Å². The predicted molar refractivity (Wildman–Crippen MR) is 92.3 cm³/mol. The number of carbonyl (C=O) groups is 3. The van der Waals surface area contributed by atoms with Crippen LogP contribution >= 0.6 is 23.2 Å². The van der Waals surface area contributed by atoms with Crippen molar-refractivity contribution in [3.05, 3.63) is 45.3 Å². The van der Waals surface area contributed by atoms with E-state index in [1.807, 2.05) is 0 Å². The first-order chi connectivity index (χ1) is 12.2. The van der Waals surface area contributed by atoms with E-state index in [4.69, 9.17) is 23.2 Å². The van der Waals surface area contributed by atoms with E-state index < -0.39 is 34.2 Å². The van der Waals surface area contributed by atoms with Gasteiger partial charge in [0.2, 0.25) is 5.91 Å². The molecule has 2 aromatic rings. The van der Waals surface area contributed by atoms with Crippen molar-refractivity contribution in [2.75, 3.05) is 12.4 Å². The van der Waals surface area contributed by atoms with E-state index in [9.17, 15) is 23.9 Å². The van der Waals surface area contributed by atoms with Gasteiger partial charge >= 0.3 is 11.9 Å². The van der Waals surface area contributed by atoms with E-state index >= 15 is 0 Å². The Morgan fingerprint density at radius 2 is 1.92 bits per heavy atom. The molecule has 0 fully saturated rings. The second kappa shape index (κ2) is 7.67. The van der Waals surface area contributed by atoms with Crippen molar-refractivity contribution < 1.29 is 28.6 Å². The van der Waals surface area contributed by atoms with Gasteiger partial charge in [-0.2, -0.15) is 0 Å². The molecule has 0 saturated carbocycles. The van der Waals surface area contributed by atoms with Crippen LogP contribution in [0.5, 0.6) is 0 Å². The number of esters is 1. The average Bonchev–Trinajstić information content (AvgIpc) is 2.57. The topological polar surface area (TPSA) is 106 Å². The largest absolute Gasteiger partial charge is 0.478 e. The summed E-state index contributed by atoms with van der Waals surface area (Å²) in [6.45, 7) is 1.21. The highest BCUT2D eigenvalue weighted by atomic mass is 35.5. The number of carbonyl (C=O) groups excluding carboxylic acids is 2. The van der Waals surface area contributed by atoms with Gasteiger partial charge in [0.25, 0.3) is 0 Å². The number of rotatable bonds is 4. The van der Waals surface area contributed by atoms with E-state index in [0.29, 0.717) is 0 Å². The predicted octanol–water partition coefficient (Wildman–Crippen LogP) is 3.64. The van der Waals surface area contributed by atoms with Gasteiger partial charge in [0.15, 0.2) is 11.5 Å². The smallest absolute Gasteiger partial charge is 0.358 e. The Morgan fingerprint density at radius 1 is 1.27 bits per heavy atom. The van der Waals surface area contributed by atoms with Crippen LogP contribution in [0.3, 0.4) is 0 Å². The lowest BCUT2D eigenvalue weighted by atomic mass is 10.0. The van der Waals surface area contributed by atoms with Gasteiger partial charge in [-0.25, -0.2) is 19.0 Å². The zero-order chi connectivity index (χ0) is 19.6.